The van der Waals surface area contributed by atoms with E-state index >= 15 is 0 Å². The third-order valence-corrected chi connectivity index (χ3v) is 7.10. The second-order valence-electron chi connectivity index (χ2n) is 7.61. The van der Waals surface area contributed by atoms with Crippen LogP contribution in [0.15, 0.2) is 11.4 Å². The molecule has 1 saturated heterocycles. The van der Waals surface area contributed by atoms with Crippen LogP contribution in [0.2, 0.25) is 0 Å². The number of carbonyl (C=O) groups excluding carboxylic acids is 2. The van der Waals surface area contributed by atoms with Gasteiger partial charge in [0.25, 0.3) is 5.91 Å². The predicted molar refractivity (Wildman–Crippen MR) is 93.8 cm³/mol. The molecule has 1 spiro atoms. The molecule has 2 fully saturated rings. The van der Waals surface area contributed by atoms with Gasteiger partial charge in [0.2, 0.25) is 0 Å². The molecule has 130 valence electrons. The van der Waals surface area contributed by atoms with E-state index in [2.05, 4.69) is 35.5 Å². The summed E-state index contributed by atoms with van der Waals surface area (Å²) in [4.78, 5) is 30.6. The van der Waals surface area contributed by atoms with Crippen LogP contribution in [0.25, 0.3) is 0 Å². The number of imide groups is 1. The largest absolute Gasteiger partial charge is 0.326 e. The zero-order chi connectivity index (χ0) is 16.9. The molecule has 3 amide bonds. The molecule has 3 heterocycles. The smallest absolute Gasteiger partial charge is 0.323 e. The SMILES string of the molecule is CC1CCC2(CC1)NC(=O)N(CN1CCc3sccc3[C@@H]1C)C2=O. The molecule has 0 aromatic carbocycles. The van der Waals surface area contributed by atoms with Crippen molar-refractivity contribution in [2.75, 3.05) is 13.2 Å². The van der Waals surface area contributed by atoms with Crippen molar-refractivity contribution in [1.29, 1.82) is 0 Å². The summed E-state index contributed by atoms with van der Waals surface area (Å²) < 4.78 is 0. The zero-order valence-corrected chi connectivity index (χ0v) is 15.2. The maximum Gasteiger partial charge on any atom is 0.326 e. The molecule has 6 heteroatoms. The van der Waals surface area contributed by atoms with Crippen LogP contribution in [-0.4, -0.2) is 40.5 Å². The summed E-state index contributed by atoms with van der Waals surface area (Å²) in [5.74, 6) is 0.635. The summed E-state index contributed by atoms with van der Waals surface area (Å²) in [5, 5.41) is 5.16. The molecule has 2 aliphatic heterocycles. The topological polar surface area (TPSA) is 52.7 Å². The summed E-state index contributed by atoms with van der Waals surface area (Å²) in [6.07, 6.45) is 4.58. The molecule has 1 aliphatic carbocycles. The van der Waals surface area contributed by atoms with Gasteiger partial charge in [-0.1, -0.05) is 6.92 Å². The second kappa shape index (κ2) is 5.85. The van der Waals surface area contributed by atoms with Gasteiger partial charge >= 0.3 is 6.03 Å². The summed E-state index contributed by atoms with van der Waals surface area (Å²) >= 11 is 1.81. The van der Waals surface area contributed by atoms with Crippen molar-refractivity contribution in [3.63, 3.8) is 0 Å². The monoisotopic (exact) mass is 347 g/mol. The van der Waals surface area contributed by atoms with Crippen LogP contribution >= 0.6 is 11.3 Å². The molecule has 3 aliphatic rings. The zero-order valence-electron chi connectivity index (χ0n) is 14.4. The number of nitrogens with one attached hydrogen (secondary N) is 1. The van der Waals surface area contributed by atoms with Crippen molar-refractivity contribution in [2.24, 2.45) is 5.92 Å². The summed E-state index contributed by atoms with van der Waals surface area (Å²) in [7, 11) is 0. The van der Waals surface area contributed by atoms with Gasteiger partial charge in [-0.05, 0) is 62.0 Å². The second-order valence-corrected chi connectivity index (χ2v) is 8.61. The van der Waals surface area contributed by atoms with Crippen molar-refractivity contribution >= 4 is 23.3 Å². The van der Waals surface area contributed by atoms with Crippen LogP contribution < -0.4 is 5.32 Å². The number of thiophene rings is 1. The van der Waals surface area contributed by atoms with Crippen molar-refractivity contribution in [2.45, 2.75) is 57.5 Å². The van der Waals surface area contributed by atoms with Gasteiger partial charge in [0.05, 0.1) is 6.67 Å². The molecule has 5 nitrogen and oxygen atoms in total. The first-order valence-electron chi connectivity index (χ1n) is 8.94. The predicted octanol–water partition coefficient (Wildman–Crippen LogP) is 3.13. The molecule has 4 rings (SSSR count). The normalized spacial score (nSPS) is 33.8. The minimum atomic E-state index is -0.629. The standard InChI is InChI=1S/C18H25N3O2S/c1-12-3-7-18(8-4-12)16(22)21(17(23)19-18)11-20-9-5-15-14(13(20)2)6-10-24-15/h6,10,12-13H,3-5,7-9,11H2,1-2H3,(H,19,23)/t12?,13-,18?/m0/s1. The first kappa shape index (κ1) is 16.1. The van der Waals surface area contributed by atoms with E-state index in [9.17, 15) is 9.59 Å². The van der Waals surface area contributed by atoms with Gasteiger partial charge in [-0.3, -0.25) is 9.69 Å². The number of nitrogens with zero attached hydrogens (tertiary/aromatic N) is 2. The van der Waals surface area contributed by atoms with E-state index in [0.29, 0.717) is 12.6 Å². The molecule has 0 radical (unpaired) electrons. The molecule has 24 heavy (non-hydrogen) atoms. The molecular formula is C18H25N3O2S. The number of rotatable bonds is 2. The quantitative estimate of drug-likeness (QED) is 0.836. The van der Waals surface area contributed by atoms with Crippen LogP contribution in [0.4, 0.5) is 4.79 Å². The van der Waals surface area contributed by atoms with E-state index in [1.165, 1.54) is 15.3 Å². The number of fused-ring (bicyclic) bond motifs is 1. The van der Waals surface area contributed by atoms with Gasteiger partial charge in [0.15, 0.2) is 0 Å². The minimum Gasteiger partial charge on any atom is -0.323 e. The number of urea groups is 1. The van der Waals surface area contributed by atoms with Crippen molar-refractivity contribution < 1.29 is 9.59 Å². The molecule has 1 aromatic rings. The van der Waals surface area contributed by atoms with E-state index in [0.717, 1.165) is 38.6 Å². The Morgan fingerprint density at radius 1 is 1.29 bits per heavy atom. The molecule has 1 saturated carbocycles. The van der Waals surface area contributed by atoms with Crippen LogP contribution in [0.1, 0.15) is 56.0 Å². The fourth-order valence-corrected chi connectivity index (χ4v) is 5.30. The number of hydrogen-bond acceptors (Lipinski definition) is 4. The van der Waals surface area contributed by atoms with E-state index in [1.807, 2.05) is 0 Å². The average Bonchev–Trinajstić information content (AvgIpc) is 3.12. The first-order chi connectivity index (χ1) is 11.5. The molecular weight excluding hydrogens is 322 g/mol. The fourth-order valence-electron chi connectivity index (χ4n) is 4.33. The van der Waals surface area contributed by atoms with Gasteiger partial charge in [0, 0.05) is 17.5 Å². The number of hydrogen-bond donors (Lipinski definition) is 1. The highest BCUT2D eigenvalue weighted by atomic mass is 32.1. The maximum absolute atomic E-state index is 13.0. The van der Waals surface area contributed by atoms with Gasteiger partial charge in [-0.15, -0.1) is 11.3 Å². The summed E-state index contributed by atoms with van der Waals surface area (Å²) in [5.41, 5.74) is 0.718. The Labute approximate surface area is 147 Å². The molecule has 0 unspecified atom stereocenters. The highest BCUT2D eigenvalue weighted by Crippen LogP contribution is 2.38. The van der Waals surface area contributed by atoms with Crippen molar-refractivity contribution in [1.82, 2.24) is 15.1 Å². The van der Waals surface area contributed by atoms with Gasteiger partial charge in [-0.2, -0.15) is 0 Å². The summed E-state index contributed by atoms with van der Waals surface area (Å²) in [6, 6.07) is 2.22. The van der Waals surface area contributed by atoms with Gasteiger partial charge < -0.3 is 5.32 Å². The highest BCUT2D eigenvalue weighted by molar-refractivity contribution is 7.10. The van der Waals surface area contributed by atoms with Crippen molar-refractivity contribution in [3.8, 4) is 0 Å². The highest BCUT2D eigenvalue weighted by Gasteiger charge is 2.52. The maximum atomic E-state index is 13.0. The average molecular weight is 347 g/mol. The third-order valence-electron chi connectivity index (χ3n) is 6.10. The van der Waals surface area contributed by atoms with Crippen LogP contribution in [-0.2, 0) is 11.2 Å². The van der Waals surface area contributed by atoms with E-state index in [4.69, 9.17) is 0 Å². The lowest BCUT2D eigenvalue weighted by Crippen LogP contribution is -2.50. The number of amides is 3. The van der Waals surface area contributed by atoms with Gasteiger partial charge in [0.1, 0.15) is 5.54 Å². The number of carbonyl (C=O) groups is 2. The molecule has 0 bridgehead atoms. The lowest BCUT2D eigenvalue weighted by molar-refractivity contribution is -0.134. The first-order valence-corrected chi connectivity index (χ1v) is 9.82. The lowest BCUT2D eigenvalue weighted by Gasteiger charge is -2.36. The third kappa shape index (κ3) is 2.47. The Bertz CT molecular complexity index is 663. The molecule has 1 N–H and O–H groups in total. The Morgan fingerprint density at radius 2 is 2.04 bits per heavy atom. The Morgan fingerprint density at radius 3 is 2.79 bits per heavy atom. The van der Waals surface area contributed by atoms with Crippen LogP contribution in [0.5, 0.6) is 0 Å². The lowest BCUT2D eigenvalue weighted by atomic mass is 9.77. The molecule has 1 aromatic heterocycles. The minimum absolute atomic E-state index is 0.0114. The van der Waals surface area contributed by atoms with Gasteiger partial charge in [-0.25, -0.2) is 9.69 Å². The fraction of sp³-hybridized carbons (Fsp3) is 0.667. The summed E-state index contributed by atoms with van der Waals surface area (Å²) in [6.45, 7) is 5.69. The molecule has 1 atom stereocenters. The van der Waals surface area contributed by atoms with E-state index < -0.39 is 5.54 Å². The van der Waals surface area contributed by atoms with Crippen LogP contribution in [0, 0.1) is 5.92 Å². The van der Waals surface area contributed by atoms with E-state index in [-0.39, 0.29) is 18.0 Å². The van der Waals surface area contributed by atoms with E-state index in [1.54, 1.807) is 11.3 Å². The van der Waals surface area contributed by atoms with Crippen LogP contribution in [0.3, 0.4) is 0 Å². The Kier molecular flexibility index (Phi) is 3.92. The van der Waals surface area contributed by atoms with Crippen molar-refractivity contribution in [3.05, 3.63) is 21.9 Å². The Hall–Kier alpha value is -1.40. The Balaban J connectivity index is 1.49.